The molecule has 1 heterocycles. The number of phenolic OH excluding ortho intramolecular Hbond substituents is 1. The Labute approximate surface area is 169 Å². The van der Waals surface area contributed by atoms with Gasteiger partial charge in [0.05, 0.1) is 13.3 Å². The zero-order valence-electron chi connectivity index (χ0n) is 16.4. The maximum Gasteiger partial charge on any atom is 0.131 e. The molecule has 1 saturated heterocycles. The standard InChI is InChI=1S/C23H24FN3O2/c1-14-10-17(28)6-9-21(14)25-23-13-22(26-27-23)16-5-3-4-15(11-16)19-12-18(29-2)7-8-20(19)24/h3-12,22-23,25-28H,13H2,1-2H3. The molecule has 3 aromatic carbocycles. The highest BCUT2D eigenvalue weighted by atomic mass is 19.1. The quantitative estimate of drug-likeness (QED) is 0.481. The van der Waals surface area contributed by atoms with E-state index >= 15 is 0 Å². The topological polar surface area (TPSA) is 65.5 Å². The van der Waals surface area contributed by atoms with Gasteiger partial charge in [-0.25, -0.2) is 15.2 Å². The number of nitrogens with one attached hydrogen (secondary N) is 3. The fourth-order valence-corrected chi connectivity index (χ4v) is 3.64. The summed E-state index contributed by atoms with van der Waals surface area (Å²) in [4.78, 5) is 0. The summed E-state index contributed by atoms with van der Waals surface area (Å²) in [6, 6.07) is 18.0. The molecular weight excluding hydrogens is 369 g/mol. The van der Waals surface area contributed by atoms with Crippen molar-refractivity contribution >= 4 is 5.69 Å². The van der Waals surface area contributed by atoms with Crippen LogP contribution in [0.25, 0.3) is 11.1 Å². The first-order valence-electron chi connectivity index (χ1n) is 9.54. The number of aromatic hydroxyl groups is 1. The molecular formula is C23H24FN3O2. The van der Waals surface area contributed by atoms with Gasteiger partial charge in [0.15, 0.2) is 0 Å². The largest absolute Gasteiger partial charge is 0.508 e. The van der Waals surface area contributed by atoms with Crippen LogP contribution in [0.5, 0.6) is 11.5 Å². The number of anilines is 1. The van der Waals surface area contributed by atoms with E-state index in [0.29, 0.717) is 11.3 Å². The van der Waals surface area contributed by atoms with E-state index in [1.165, 1.54) is 6.07 Å². The predicted molar refractivity (Wildman–Crippen MR) is 112 cm³/mol. The molecule has 2 unspecified atom stereocenters. The molecule has 2 atom stereocenters. The van der Waals surface area contributed by atoms with E-state index in [9.17, 15) is 9.50 Å². The Bertz CT molecular complexity index is 1020. The van der Waals surface area contributed by atoms with Crippen LogP contribution in [-0.2, 0) is 0 Å². The van der Waals surface area contributed by atoms with E-state index in [4.69, 9.17) is 4.74 Å². The highest BCUT2D eigenvalue weighted by molar-refractivity contribution is 5.66. The summed E-state index contributed by atoms with van der Waals surface area (Å²) in [5.41, 5.74) is 10.9. The maximum absolute atomic E-state index is 14.4. The number of hydrogen-bond donors (Lipinski definition) is 4. The average molecular weight is 393 g/mol. The van der Waals surface area contributed by atoms with Crippen molar-refractivity contribution in [1.82, 2.24) is 10.9 Å². The van der Waals surface area contributed by atoms with Crippen LogP contribution in [0.1, 0.15) is 23.6 Å². The molecule has 0 bridgehead atoms. The normalized spacial score (nSPS) is 18.6. The number of hydrogen-bond acceptors (Lipinski definition) is 5. The summed E-state index contributed by atoms with van der Waals surface area (Å²) in [6.07, 6.45) is 0.838. The lowest BCUT2D eigenvalue weighted by Crippen LogP contribution is -2.36. The molecule has 4 rings (SSSR count). The third kappa shape index (κ3) is 4.18. The lowest BCUT2D eigenvalue weighted by atomic mass is 9.97. The number of methoxy groups -OCH3 is 1. The second kappa shape index (κ2) is 8.11. The van der Waals surface area contributed by atoms with Gasteiger partial charge < -0.3 is 15.2 Å². The van der Waals surface area contributed by atoms with Crippen LogP contribution in [-0.4, -0.2) is 18.4 Å². The number of benzene rings is 3. The SMILES string of the molecule is COc1ccc(F)c(-c2cccc(C3CC(Nc4ccc(O)cc4C)NN3)c2)c1. The van der Waals surface area contributed by atoms with Crippen LogP contribution in [0, 0.1) is 12.7 Å². The van der Waals surface area contributed by atoms with Gasteiger partial charge in [0.25, 0.3) is 0 Å². The lowest BCUT2D eigenvalue weighted by molar-refractivity contribution is 0.414. The first-order valence-corrected chi connectivity index (χ1v) is 9.54. The average Bonchev–Trinajstić information content (AvgIpc) is 3.19. The van der Waals surface area contributed by atoms with Crippen molar-refractivity contribution in [2.24, 2.45) is 0 Å². The Morgan fingerprint density at radius 3 is 2.72 bits per heavy atom. The minimum atomic E-state index is -0.275. The van der Waals surface area contributed by atoms with E-state index in [1.54, 1.807) is 31.4 Å². The molecule has 0 amide bonds. The summed E-state index contributed by atoms with van der Waals surface area (Å²) in [5, 5.41) is 13.0. The van der Waals surface area contributed by atoms with Crippen molar-refractivity contribution in [3.05, 3.63) is 77.6 Å². The predicted octanol–water partition coefficient (Wildman–Crippen LogP) is 4.49. The van der Waals surface area contributed by atoms with Gasteiger partial charge in [-0.05, 0) is 66.1 Å². The molecule has 29 heavy (non-hydrogen) atoms. The monoisotopic (exact) mass is 393 g/mol. The van der Waals surface area contributed by atoms with E-state index in [1.807, 2.05) is 37.3 Å². The van der Waals surface area contributed by atoms with E-state index in [-0.39, 0.29) is 23.8 Å². The minimum absolute atomic E-state index is 0.0282. The Balaban J connectivity index is 1.51. The molecule has 6 heteroatoms. The lowest BCUT2D eigenvalue weighted by Gasteiger charge is -2.16. The first kappa shape index (κ1) is 19.2. The van der Waals surface area contributed by atoms with Gasteiger partial charge in [-0.1, -0.05) is 18.2 Å². The Kier molecular flexibility index (Phi) is 5.38. The van der Waals surface area contributed by atoms with Crippen LogP contribution < -0.4 is 20.9 Å². The number of aryl methyl sites for hydroxylation is 1. The molecule has 0 aliphatic carbocycles. The van der Waals surface area contributed by atoms with Gasteiger partial charge in [-0.3, -0.25) is 0 Å². The van der Waals surface area contributed by atoms with E-state index in [0.717, 1.165) is 28.8 Å². The number of rotatable bonds is 5. The molecule has 5 nitrogen and oxygen atoms in total. The number of ether oxygens (including phenoxy) is 1. The van der Waals surface area contributed by atoms with Gasteiger partial charge in [-0.15, -0.1) is 0 Å². The second-order valence-electron chi connectivity index (χ2n) is 7.24. The Hall–Kier alpha value is -3.09. The van der Waals surface area contributed by atoms with Crippen LogP contribution in [0.3, 0.4) is 0 Å². The molecule has 0 saturated carbocycles. The number of halogens is 1. The molecule has 0 aromatic heterocycles. The molecule has 1 aliphatic heterocycles. The third-order valence-electron chi connectivity index (χ3n) is 5.22. The fraction of sp³-hybridized carbons (Fsp3) is 0.217. The smallest absolute Gasteiger partial charge is 0.131 e. The number of hydrazine groups is 1. The van der Waals surface area contributed by atoms with E-state index < -0.39 is 0 Å². The highest BCUT2D eigenvalue weighted by Crippen LogP contribution is 2.31. The van der Waals surface area contributed by atoms with Gasteiger partial charge >= 0.3 is 0 Å². The van der Waals surface area contributed by atoms with Gasteiger partial charge in [0.2, 0.25) is 0 Å². The summed E-state index contributed by atoms with van der Waals surface area (Å²) in [6.45, 7) is 1.95. The van der Waals surface area contributed by atoms with Gasteiger partial charge in [0, 0.05) is 23.7 Å². The van der Waals surface area contributed by atoms with Crippen LogP contribution >= 0.6 is 0 Å². The van der Waals surface area contributed by atoms with Crippen molar-refractivity contribution in [2.75, 3.05) is 12.4 Å². The molecule has 1 aliphatic rings. The van der Waals surface area contributed by atoms with Gasteiger partial charge in [0.1, 0.15) is 17.3 Å². The summed E-state index contributed by atoms with van der Waals surface area (Å²) in [5.74, 6) is 0.605. The summed E-state index contributed by atoms with van der Waals surface area (Å²) >= 11 is 0. The second-order valence-corrected chi connectivity index (χ2v) is 7.24. The van der Waals surface area contributed by atoms with Crippen molar-refractivity contribution in [1.29, 1.82) is 0 Å². The molecule has 0 spiro atoms. The zero-order chi connectivity index (χ0) is 20.4. The van der Waals surface area contributed by atoms with E-state index in [2.05, 4.69) is 16.2 Å². The zero-order valence-corrected chi connectivity index (χ0v) is 16.4. The fourth-order valence-electron chi connectivity index (χ4n) is 3.64. The van der Waals surface area contributed by atoms with Crippen molar-refractivity contribution in [3.63, 3.8) is 0 Å². The number of phenols is 1. The molecule has 1 fully saturated rings. The Morgan fingerprint density at radius 2 is 1.93 bits per heavy atom. The maximum atomic E-state index is 14.4. The van der Waals surface area contributed by atoms with Crippen molar-refractivity contribution < 1.29 is 14.2 Å². The Morgan fingerprint density at radius 1 is 1.07 bits per heavy atom. The minimum Gasteiger partial charge on any atom is -0.508 e. The highest BCUT2D eigenvalue weighted by Gasteiger charge is 2.25. The third-order valence-corrected chi connectivity index (χ3v) is 5.22. The van der Waals surface area contributed by atoms with Crippen molar-refractivity contribution in [3.8, 4) is 22.6 Å². The van der Waals surface area contributed by atoms with Crippen molar-refractivity contribution in [2.45, 2.75) is 25.6 Å². The molecule has 150 valence electrons. The summed E-state index contributed by atoms with van der Waals surface area (Å²) in [7, 11) is 1.57. The summed E-state index contributed by atoms with van der Waals surface area (Å²) < 4.78 is 19.6. The van der Waals surface area contributed by atoms with Crippen LogP contribution in [0.15, 0.2) is 60.7 Å². The van der Waals surface area contributed by atoms with Gasteiger partial charge in [-0.2, -0.15) is 0 Å². The molecule has 0 radical (unpaired) electrons. The van der Waals surface area contributed by atoms with Crippen LogP contribution in [0.2, 0.25) is 0 Å². The van der Waals surface area contributed by atoms with Crippen LogP contribution in [0.4, 0.5) is 10.1 Å². The molecule has 4 N–H and O–H groups in total. The first-order chi connectivity index (χ1) is 14.0. The molecule has 3 aromatic rings.